The number of benzene rings is 1. The van der Waals surface area contributed by atoms with E-state index in [9.17, 15) is 9.18 Å². The van der Waals surface area contributed by atoms with Gasteiger partial charge in [0.05, 0.1) is 18.9 Å². The Kier molecular flexibility index (Phi) is 5.95. The number of H-pyrrole nitrogens is 1. The van der Waals surface area contributed by atoms with E-state index in [4.69, 9.17) is 4.74 Å². The molecule has 0 saturated carbocycles. The van der Waals surface area contributed by atoms with Gasteiger partial charge in [0.15, 0.2) is 0 Å². The number of nitrogens with zero attached hydrogens (tertiary/aromatic N) is 2. The summed E-state index contributed by atoms with van der Waals surface area (Å²) in [6.07, 6.45) is 5.44. The molecule has 4 rings (SSSR count). The number of ether oxygens (including phenoxy) is 1. The minimum atomic E-state index is -0.694. The summed E-state index contributed by atoms with van der Waals surface area (Å²) in [6.45, 7) is 3.20. The van der Waals surface area contributed by atoms with Gasteiger partial charge in [0.1, 0.15) is 5.82 Å². The zero-order chi connectivity index (χ0) is 19.3. The van der Waals surface area contributed by atoms with Crippen LogP contribution in [0.2, 0.25) is 0 Å². The predicted octanol–water partition coefficient (Wildman–Crippen LogP) is 3.34. The molecule has 0 bridgehead atoms. The molecule has 0 aliphatic carbocycles. The average molecular weight is 385 g/mol. The van der Waals surface area contributed by atoms with Gasteiger partial charge in [0, 0.05) is 31.7 Å². The SMILES string of the molecule is O=c1[nH]c(N2CCCCCC2Cc2ccccc2)cc(N2CCOCC2)c1F. The van der Waals surface area contributed by atoms with E-state index >= 15 is 0 Å². The fourth-order valence-electron chi connectivity index (χ4n) is 4.30. The quantitative estimate of drug-likeness (QED) is 0.877. The monoisotopic (exact) mass is 385 g/mol. The maximum atomic E-state index is 14.6. The summed E-state index contributed by atoms with van der Waals surface area (Å²) < 4.78 is 20.0. The zero-order valence-electron chi connectivity index (χ0n) is 16.2. The topological polar surface area (TPSA) is 48.6 Å². The van der Waals surface area contributed by atoms with Crippen molar-refractivity contribution in [1.82, 2.24) is 4.98 Å². The Morgan fingerprint density at radius 2 is 1.86 bits per heavy atom. The molecule has 2 aliphatic rings. The number of halogens is 1. The molecule has 2 saturated heterocycles. The summed E-state index contributed by atoms with van der Waals surface area (Å²) in [5.41, 5.74) is 1.05. The lowest BCUT2D eigenvalue weighted by Gasteiger charge is -2.34. The minimum absolute atomic E-state index is 0.295. The van der Waals surface area contributed by atoms with Crippen LogP contribution in [-0.2, 0) is 11.2 Å². The van der Waals surface area contributed by atoms with E-state index in [0.29, 0.717) is 38.0 Å². The first-order chi connectivity index (χ1) is 13.7. The molecule has 1 N–H and O–H groups in total. The second-order valence-electron chi connectivity index (χ2n) is 7.67. The molecule has 0 spiro atoms. The lowest BCUT2D eigenvalue weighted by atomic mass is 10.0. The van der Waals surface area contributed by atoms with Gasteiger partial charge in [-0.15, -0.1) is 0 Å². The summed E-state index contributed by atoms with van der Waals surface area (Å²) in [5.74, 6) is 0.0378. The van der Waals surface area contributed by atoms with Gasteiger partial charge < -0.3 is 19.5 Å². The molecular formula is C22H28FN3O2. The van der Waals surface area contributed by atoms with Gasteiger partial charge in [-0.2, -0.15) is 4.39 Å². The third-order valence-corrected chi connectivity index (χ3v) is 5.79. The number of nitrogens with one attached hydrogen (secondary N) is 1. The van der Waals surface area contributed by atoms with Crippen molar-refractivity contribution in [2.45, 2.75) is 38.1 Å². The number of aromatic nitrogens is 1. The molecule has 0 radical (unpaired) electrons. The highest BCUT2D eigenvalue weighted by Gasteiger charge is 2.25. The van der Waals surface area contributed by atoms with Gasteiger partial charge >= 0.3 is 0 Å². The Hall–Kier alpha value is -2.34. The lowest BCUT2D eigenvalue weighted by molar-refractivity contribution is 0.122. The average Bonchev–Trinajstić information content (AvgIpc) is 2.97. The lowest BCUT2D eigenvalue weighted by Crippen LogP contribution is -2.40. The van der Waals surface area contributed by atoms with E-state index in [-0.39, 0.29) is 0 Å². The third-order valence-electron chi connectivity index (χ3n) is 5.79. The summed E-state index contributed by atoms with van der Waals surface area (Å²) in [4.78, 5) is 19.4. The Balaban J connectivity index is 1.66. The van der Waals surface area contributed by atoms with E-state index in [1.807, 2.05) is 17.0 Å². The van der Waals surface area contributed by atoms with Crippen molar-refractivity contribution < 1.29 is 9.13 Å². The normalized spacial score (nSPS) is 20.8. The third kappa shape index (κ3) is 4.22. The number of aromatic amines is 1. The highest BCUT2D eigenvalue weighted by molar-refractivity contribution is 5.57. The predicted molar refractivity (Wildman–Crippen MR) is 110 cm³/mol. The molecule has 1 atom stereocenters. The summed E-state index contributed by atoms with van der Waals surface area (Å²) in [5, 5.41) is 0. The number of morpholine rings is 1. The molecule has 150 valence electrons. The van der Waals surface area contributed by atoms with Crippen molar-refractivity contribution in [3.63, 3.8) is 0 Å². The summed E-state index contributed by atoms with van der Waals surface area (Å²) >= 11 is 0. The zero-order valence-corrected chi connectivity index (χ0v) is 16.2. The van der Waals surface area contributed by atoms with Gasteiger partial charge in [0.2, 0.25) is 5.82 Å². The summed E-state index contributed by atoms with van der Waals surface area (Å²) in [6, 6.07) is 12.6. The molecule has 6 heteroatoms. The molecule has 1 aromatic carbocycles. The van der Waals surface area contributed by atoms with Crippen LogP contribution >= 0.6 is 0 Å². The minimum Gasteiger partial charge on any atom is -0.378 e. The molecule has 2 aliphatic heterocycles. The van der Waals surface area contributed by atoms with Crippen molar-refractivity contribution in [2.24, 2.45) is 0 Å². The van der Waals surface area contributed by atoms with Gasteiger partial charge in [-0.25, -0.2) is 0 Å². The van der Waals surface area contributed by atoms with Crippen molar-refractivity contribution in [1.29, 1.82) is 0 Å². The molecule has 1 aromatic heterocycles. The second kappa shape index (κ2) is 8.78. The van der Waals surface area contributed by atoms with Crippen LogP contribution in [-0.4, -0.2) is 43.9 Å². The smallest absolute Gasteiger partial charge is 0.287 e. The van der Waals surface area contributed by atoms with E-state index in [0.717, 1.165) is 31.6 Å². The largest absolute Gasteiger partial charge is 0.378 e. The highest BCUT2D eigenvalue weighted by atomic mass is 19.1. The van der Waals surface area contributed by atoms with Crippen LogP contribution in [0.3, 0.4) is 0 Å². The van der Waals surface area contributed by atoms with Crippen LogP contribution in [0.4, 0.5) is 15.9 Å². The van der Waals surface area contributed by atoms with Crippen LogP contribution in [0, 0.1) is 5.82 Å². The Morgan fingerprint density at radius 1 is 1.07 bits per heavy atom. The molecule has 2 fully saturated rings. The van der Waals surface area contributed by atoms with Gasteiger partial charge in [-0.1, -0.05) is 43.2 Å². The second-order valence-corrected chi connectivity index (χ2v) is 7.67. The molecule has 0 amide bonds. The number of hydrogen-bond acceptors (Lipinski definition) is 4. The van der Waals surface area contributed by atoms with Crippen molar-refractivity contribution >= 4 is 11.5 Å². The molecule has 2 aromatic rings. The molecule has 1 unspecified atom stereocenters. The van der Waals surface area contributed by atoms with Crippen LogP contribution in [0.25, 0.3) is 0 Å². The number of pyridine rings is 1. The number of anilines is 2. The van der Waals surface area contributed by atoms with E-state index in [1.165, 1.54) is 18.4 Å². The van der Waals surface area contributed by atoms with Gasteiger partial charge in [0.25, 0.3) is 5.56 Å². The standard InChI is InChI=1S/C22H28FN3O2/c23-21-19(25-11-13-28-14-12-25)16-20(24-22(21)27)26-10-6-2-5-9-18(26)15-17-7-3-1-4-8-17/h1,3-4,7-8,16,18H,2,5-6,9-15H2,(H,24,27). The van der Waals surface area contributed by atoms with Crippen LogP contribution < -0.4 is 15.4 Å². The fraction of sp³-hybridized carbons (Fsp3) is 0.500. The molecular weight excluding hydrogens is 357 g/mol. The van der Waals surface area contributed by atoms with Gasteiger partial charge in [-0.05, 0) is 24.8 Å². The Morgan fingerprint density at radius 3 is 2.64 bits per heavy atom. The van der Waals surface area contributed by atoms with Crippen LogP contribution in [0.5, 0.6) is 0 Å². The first-order valence-electron chi connectivity index (χ1n) is 10.3. The maximum absolute atomic E-state index is 14.6. The fourth-order valence-corrected chi connectivity index (χ4v) is 4.30. The highest BCUT2D eigenvalue weighted by Crippen LogP contribution is 2.28. The maximum Gasteiger partial charge on any atom is 0.287 e. The first kappa shape index (κ1) is 19.0. The Bertz CT molecular complexity index is 833. The van der Waals surface area contributed by atoms with Gasteiger partial charge in [-0.3, -0.25) is 4.79 Å². The van der Waals surface area contributed by atoms with E-state index in [2.05, 4.69) is 34.1 Å². The van der Waals surface area contributed by atoms with E-state index < -0.39 is 11.4 Å². The number of rotatable bonds is 4. The summed E-state index contributed by atoms with van der Waals surface area (Å²) in [7, 11) is 0. The van der Waals surface area contributed by atoms with Crippen LogP contribution in [0.1, 0.15) is 31.2 Å². The van der Waals surface area contributed by atoms with Crippen LogP contribution in [0.15, 0.2) is 41.2 Å². The van der Waals surface area contributed by atoms with E-state index in [1.54, 1.807) is 0 Å². The first-order valence-corrected chi connectivity index (χ1v) is 10.3. The number of hydrogen-bond donors (Lipinski definition) is 1. The molecule has 5 nitrogen and oxygen atoms in total. The van der Waals surface area contributed by atoms with Crippen molar-refractivity contribution in [3.05, 3.63) is 58.1 Å². The molecule has 28 heavy (non-hydrogen) atoms. The van der Waals surface area contributed by atoms with Crippen molar-refractivity contribution in [2.75, 3.05) is 42.6 Å². The Labute approximate surface area is 165 Å². The van der Waals surface area contributed by atoms with Crippen molar-refractivity contribution in [3.8, 4) is 0 Å². The molecule has 3 heterocycles.